The summed E-state index contributed by atoms with van der Waals surface area (Å²) in [5, 5.41) is 6.94. The number of nitrogens with one attached hydrogen (secondary N) is 1. The third-order valence-electron chi connectivity index (χ3n) is 4.06. The lowest BCUT2D eigenvalue weighted by Gasteiger charge is -2.10. The molecule has 1 N–H and O–H groups in total. The standard InChI is InChI=1S/C22H21N3O5/c1-3-29-21(27)15-12-16(22(28)30-4-2)14-17(13-15)23-20(26)19-10-11-25(24-19)18-8-6-5-7-9-18/h5-14H,3-4H2,1-2H3,(H,23,26). The fourth-order valence-corrected chi connectivity index (χ4v) is 2.73. The molecule has 0 aliphatic rings. The summed E-state index contributed by atoms with van der Waals surface area (Å²) in [6.45, 7) is 3.72. The molecular weight excluding hydrogens is 386 g/mol. The molecule has 0 radical (unpaired) electrons. The molecule has 1 amide bonds. The number of hydrogen-bond donors (Lipinski definition) is 1. The van der Waals surface area contributed by atoms with Crippen LogP contribution in [0.3, 0.4) is 0 Å². The average Bonchev–Trinajstić information content (AvgIpc) is 3.25. The van der Waals surface area contributed by atoms with Crippen molar-refractivity contribution in [1.29, 1.82) is 0 Å². The highest BCUT2D eigenvalue weighted by Gasteiger charge is 2.17. The lowest BCUT2D eigenvalue weighted by Crippen LogP contribution is -2.15. The fraction of sp³-hybridized carbons (Fsp3) is 0.182. The van der Waals surface area contributed by atoms with Crippen molar-refractivity contribution in [2.45, 2.75) is 13.8 Å². The van der Waals surface area contributed by atoms with Gasteiger partial charge in [0.05, 0.1) is 30.0 Å². The smallest absolute Gasteiger partial charge is 0.338 e. The van der Waals surface area contributed by atoms with Crippen LogP contribution in [0.15, 0.2) is 60.8 Å². The molecule has 0 aliphatic heterocycles. The summed E-state index contributed by atoms with van der Waals surface area (Å²) in [6.07, 6.45) is 1.67. The molecule has 0 saturated carbocycles. The highest BCUT2D eigenvalue weighted by atomic mass is 16.5. The van der Waals surface area contributed by atoms with E-state index in [0.29, 0.717) is 0 Å². The van der Waals surface area contributed by atoms with Crippen molar-refractivity contribution in [3.05, 3.63) is 77.6 Å². The first kappa shape index (κ1) is 20.8. The summed E-state index contributed by atoms with van der Waals surface area (Å²) in [4.78, 5) is 36.9. The van der Waals surface area contributed by atoms with Crippen LogP contribution in [0.25, 0.3) is 5.69 Å². The number of nitrogens with zero attached hydrogens (tertiary/aromatic N) is 2. The minimum atomic E-state index is -0.604. The van der Waals surface area contributed by atoms with Crippen molar-refractivity contribution >= 4 is 23.5 Å². The van der Waals surface area contributed by atoms with Crippen LogP contribution in [0.1, 0.15) is 45.1 Å². The maximum Gasteiger partial charge on any atom is 0.338 e. The molecule has 154 valence electrons. The Labute approximate surface area is 173 Å². The van der Waals surface area contributed by atoms with Crippen molar-refractivity contribution in [2.75, 3.05) is 18.5 Å². The van der Waals surface area contributed by atoms with Gasteiger partial charge < -0.3 is 14.8 Å². The van der Waals surface area contributed by atoms with Crippen LogP contribution in [-0.2, 0) is 9.47 Å². The van der Waals surface area contributed by atoms with Gasteiger partial charge in [0.1, 0.15) is 0 Å². The zero-order valence-electron chi connectivity index (χ0n) is 16.6. The number of rotatable bonds is 7. The predicted octanol–water partition coefficient (Wildman–Crippen LogP) is 3.48. The van der Waals surface area contributed by atoms with Crippen molar-refractivity contribution in [3.8, 4) is 5.69 Å². The maximum atomic E-state index is 12.7. The van der Waals surface area contributed by atoms with E-state index in [1.807, 2.05) is 30.3 Å². The third-order valence-corrected chi connectivity index (χ3v) is 4.06. The normalized spacial score (nSPS) is 10.3. The number of benzene rings is 2. The molecule has 1 heterocycles. The monoisotopic (exact) mass is 407 g/mol. The highest BCUT2D eigenvalue weighted by molar-refractivity contribution is 6.05. The molecule has 0 spiro atoms. The van der Waals surface area contributed by atoms with E-state index in [9.17, 15) is 14.4 Å². The van der Waals surface area contributed by atoms with E-state index in [1.54, 1.807) is 30.8 Å². The van der Waals surface area contributed by atoms with Crippen molar-refractivity contribution in [1.82, 2.24) is 9.78 Å². The number of carbonyl (C=O) groups excluding carboxylic acids is 3. The molecule has 30 heavy (non-hydrogen) atoms. The summed E-state index contributed by atoms with van der Waals surface area (Å²) in [5.74, 6) is -1.69. The number of aromatic nitrogens is 2. The number of anilines is 1. The SMILES string of the molecule is CCOC(=O)c1cc(NC(=O)c2ccn(-c3ccccc3)n2)cc(C(=O)OCC)c1. The third kappa shape index (κ3) is 4.91. The van der Waals surface area contributed by atoms with Crippen LogP contribution in [0.5, 0.6) is 0 Å². The minimum Gasteiger partial charge on any atom is -0.462 e. The van der Waals surface area contributed by atoms with E-state index in [2.05, 4.69) is 10.4 Å². The molecule has 8 nitrogen and oxygen atoms in total. The van der Waals surface area contributed by atoms with Crippen LogP contribution < -0.4 is 5.32 Å². The molecule has 8 heteroatoms. The fourth-order valence-electron chi connectivity index (χ4n) is 2.73. The van der Waals surface area contributed by atoms with Gasteiger partial charge in [0.15, 0.2) is 5.69 Å². The quantitative estimate of drug-likeness (QED) is 0.602. The number of para-hydroxylation sites is 1. The first-order valence-electron chi connectivity index (χ1n) is 9.43. The molecule has 2 aromatic carbocycles. The molecule has 0 saturated heterocycles. The molecule has 0 atom stereocenters. The molecule has 0 bridgehead atoms. The van der Waals surface area contributed by atoms with Gasteiger partial charge in [-0.25, -0.2) is 14.3 Å². The molecule has 0 aliphatic carbocycles. The minimum absolute atomic E-state index is 0.132. The van der Waals surface area contributed by atoms with E-state index in [0.717, 1.165) is 5.69 Å². The van der Waals surface area contributed by atoms with Crippen molar-refractivity contribution < 1.29 is 23.9 Å². The highest BCUT2D eigenvalue weighted by Crippen LogP contribution is 2.18. The van der Waals surface area contributed by atoms with Gasteiger partial charge in [-0.05, 0) is 50.2 Å². The van der Waals surface area contributed by atoms with Gasteiger partial charge in [0.2, 0.25) is 0 Å². The zero-order chi connectivity index (χ0) is 21.5. The Bertz CT molecular complexity index is 1020. The Morgan fingerprint density at radius 1 is 0.900 bits per heavy atom. The molecule has 0 fully saturated rings. The Morgan fingerprint density at radius 2 is 1.50 bits per heavy atom. The van der Waals surface area contributed by atoms with Gasteiger partial charge in [-0.3, -0.25) is 4.79 Å². The summed E-state index contributed by atoms with van der Waals surface area (Å²) < 4.78 is 11.6. The second kappa shape index (κ2) is 9.51. The van der Waals surface area contributed by atoms with Gasteiger partial charge in [-0.1, -0.05) is 18.2 Å². The van der Waals surface area contributed by atoms with Crippen LogP contribution in [-0.4, -0.2) is 40.8 Å². The Morgan fingerprint density at radius 3 is 2.07 bits per heavy atom. The lowest BCUT2D eigenvalue weighted by atomic mass is 10.1. The summed E-state index contributed by atoms with van der Waals surface area (Å²) in [6, 6.07) is 15.2. The first-order valence-corrected chi connectivity index (χ1v) is 9.43. The van der Waals surface area contributed by atoms with Crippen LogP contribution in [0.4, 0.5) is 5.69 Å². The molecular formula is C22H21N3O5. The lowest BCUT2D eigenvalue weighted by molar-refractivity contribution is 0.0525. The van der Waals surface area contributed by atoms with Gasteiger partial charge in [-0.2, -0.15) is 5.10 Å². The van der Waals surface area contributed by atoms with Gasteiger partial charge in [-0.15, -0.1) is 0 Å². The Balaban J connectivity index is 1.85. The summed E-state index contributed by atoms with van der Waals surface area (Å²) >= 11 is 0. The Kier molecular flexibility index (Phi) is 6.59. The molecule has 3 aromatic rings. The van der Waals surface area contributed by atoms with Crippen LogP contribution in [0.2, 0.25) is 0 Å². The zero-order valence-corrected chi connectivity index (χ0v) is 16.6. The second-order valence-corrected chi connectivity index (χ2v) is 6.18. The van der Waals surface area contributed by atoms with Crippen molar-refractivity contribution in [3.63, 3.8) is 0 Å². The van der Waals surface area contributed by atoms with Crippen molar-refractivity contribution in [2.24, 2.45) is 0 Å². The van der Waals surface area contributed by atoms with Crippen LogP contribution in [0, 0.1) is 0 Å². The van der Waals surface area contributed by atoms with Gasteiger partial charge in [0.25, 0.3) is 5.91 Å². The number of amides is 1. The number of esters is 2. The number of ether oxygens (including phenoxy) is 2. The summed E-state index contributed by atoms with van der Waals surface area (Å²) in [5.41, 5.74) is 1.51. The maximum absolute atomic E-state index is 12.7. The first-order chi connectivity index (χ1) is 14.5. The molecule has 0 unspecified atom stereocenters. The van der Waals surface area contributed by atoms with E-state index in [4.69, 9.17) is 9.47 Å². The second-order valence-electron chi connectivity index (χ2n) is 6.18. The van der Waals surface area contributed by atoms with E-state index < -0.39 is 17.8 Å². The number of carbonyl (C=O) groups is 3. The number of hydrogen-bond acceptors (Lipinski definition) is 6. The van der Waals surface area contributed by atoms with Gasteiger partial charge in [0, 0.05) is 11.9 Å². The van der Waals surface area contributed by atoms with E-state index >= 15 is 0 Å². The Hall–Kier alpha value is -3.94. The summed E-state index contributed by atoms with van der Waals surface area (Å²) in [7, 11) is 0. The van der Waals surface area contributed by atoms with Gasteiger partial charge >= 0.3 is 11.9 Å². The predicted molar refractivity (Wildman–Crippen MR) is 110 cm³/mol. The topological polar surface area (TPSA) is 99.5 Å². The van der Waals surface area contributed by atoms with E-state index in [1.165, 1.54) is 18.2 Å². The average molecular weight is 407 g/mol. The largest absolute Gasteiger partial charge is 0.462 e. The molecule has 3 rings (SSSR count). The van der Waals surface area contributed by atoms with E-state index in [-0.39, 0.29) is 35.7 Å². The van der Waals surface area contributed by atoms with Crippen LogP contribution >= 0.6 is 0 Å². The molecule has 1 aromatic heterocycles.